The minimum absolute atomic E-state index is 0.193. The van der Waals surface area contributed by atoms with Crippen molar-refractivity contribution in [1.29, 1.82) is 0 Å². The third-order valence-electron chi connectivity index (χ3n) is 5.23. The maximum absolute atomic E-state index is 14.9. The van der Waals surface area contributed by atoms with Crippen molar-refractivity contribution < 1.29 is 28.0 Å². The summed E-state index contributed by atoms with van der Waals surface area (Å²) < 4.78 is 37.2. The molecular formula is C19H30BFN2O5. The normalized spacial score (nSPS) is 22.6. The minimum Gasteiger partial charge on any atom is -0.495 e. The van der Waals surface area contributed by atoms with Crippen molar-refractivity contribution in [3.8, 4) is 5.75 Å². The molecule has 1 aromatic carbocycles. The molecule has 0 spiro atoms. The lowest BCUT2D eigenvalue weighted by Crippen LogP contribution is -2.41. The first-order valence-corrected chi connectivity index (χ1v) is 9.51. The van der Waals surface area contributed by atoms with Crippen LogP contribution in [0.1, 0.15) is 41.5 Å². The van der Waals surface area contributed by atoms with Crippen LogP contribution in [0.4, 0.5) is 14.9 Å². The number of nitrogens with zero attached hydrogens (tertiary/aromatic N) is 1. The number of halogens is 1. The van der Waals surface area contributed by atoms with Crippen LogP contribution in [-0.4, -0.2) is 50.7 Å². The highest BCUT2D eigenvalue weighted by atomic mass is 19.1. The van der Waals surface area contributed by atoms with Gasteiger partial charge in [-0.25, -0.2) is 9.18 Å². The number of amides is 1. The second-order valence-corrected chi connectivity index (χ2v) is 7.49. The Hall–Kier alpha value is -1.84. The van der Waals surface area contributed by atoms with Crippen LogP contribution in [0.2, 0.25) is 0 Å². The van der Waals surface area contributed by atoms with Crippen LogP contribution in [0.5, 0.6) is 5.75 Å². The topological polar surface area (TPSA) is 83.2 Å². The molecule has 3 rings (SSSR count). The zero-order valence-corrected chi connectivity index (χ0v) is 17.7. The van der Waals surface area contributed by atoms with Gasteiger partial charge in [-0.3, -0.25) is 4.90 Å². The Bertz CT molecular complexity index is 713. The quantitative estimate of drug-likeness (QED) is 0.788. The second-order valence-electron chi connectivity index (χ2n) is 7.49. The zero-order chi connectivity index (χ0) is 21.3. The molecule has 2 aliphatic rings. The van der Waals surface area contributed by atoms with Gasteiger partial charge in [0.15, 0.2) is 0 Å². The lowest BCUT2D eigenvalue weighted by molar-refractivity contribution is 0.00578. The van der Waals surface area contributed by atoms with Crippen molar-refractivity contribution in [2.75, 3.05) is 25.1 Å². The molecule has 1 amide bonds. The molecule has 2 fully saturated rings. The van der Waals surface area contributed by atoms with Crippen molar-refractivity contribution >= 4 is 24.4 Å². The maximum Gasteiger partial charge on any atom is 0.497 e. The molecule has 2 aliphatic heterocycles. The number of cyclic esters (lactones) is 1. The standard InChI is InChI=1S/C17H24BFN2O5.C2H6/c1-16(2)17(3,4)26-18(25-16)11-6-14(23-5)13(7-12(11)19)21-9-10(8-20)24-15(21)22;1-2/h6-7,10H,8-9,20H2,1-5H3;1-2H3. The minimum atomic E-state index is -0.870. The Morgan fingerprint density at radius 2 is 1.82 bits per heavy atom. The molecule has 1 atom stereocenters. The largest absolute Gasteiger partial charge is 0.497 e. The summed E-state index contributed by atoms with van der Waals surface area (Å²) in [6, 6.07) is 2.73. The van der Waals surface area contributed by atoms with Gasteiger partial charge in [0.2, 0.25) is 0 Å². The molecule has 1 unspecified atom stereocenters. The highest BCUT2D eigenvalue weighted by Gasteiger charge is 2.52. The van der Waals surface area contributed by atoms with Crippen LogP contribution in [-0.2, 0) is 14.0 Å². The van der Waals surface area contributed by atoms with Gasteiger partial charge in [-0.2, -0.15) is 0 Å². The highest BCUT2D eigenvalue weighted by Crippen LogP contribution is 2.38. The SMILES string of the molecule is CC.COc1cc(B2OC(C)(C)C(C)(C)O2)c(F)cc1N1CC(CN)OC1=O. The van der Waals surface area contributed by atoms with Crippen molar-refractivity contribution in [2.45, 2.75) is 58.8 Å². The van der Waals surface area contributed by atoms with Crippen molar-refractivity contribution in [1.82, 2.24) is 0 Å². The van der Waals surface area contributed by atoms with Crippen molar-refractivity contribution in [3.63, 3.8) is 0 Å². The summed E-state index contributed by atoms with van der Waals surface area (Å²) in [4.78, 5) is 13.4. The van der Waals surface area contributed by atoms with Crippen LogP contribution in [0.3, 0.4) is 0 Å². The van der Waals surface area contributed by atoms with Crippen LogP contribution < -0.4 is 20.8 Å². The third kappa shape index (κ3) is 3.97. The molecule has 0 aliphatic carbocycles. The fourth-order valence-corrected chi connectivity index (χ4v) is 2.92. The molecule has 0 saturated carbocycles. The van der Waals surface area contributed by atoms with Crippen molar-refractivity contribution in [3.05, 3.63) is 17.9 Å². The van der Waals surface area contributed by atoms with E-state index in [9.17, 15) is 9.18 Å². The fourth-order valence-electron chi connectivity index (χ4n) is 2.92. The number of hydrogen-bond donors (Lipinski definition) is 1. The van der Waals surface area contributed by atoms with E-state index in [1.54, 1.807) is 0 Å². The third-order valence-corrected chi connectivity index (χ3v) is 5.23. The predicted octanol–water partition coefficient (Wildman–Crippen LogP) is 2.44. The Kier molecular flexibility index (Phi) is 6.63. The Balaban J connectivity index is 0.00000136. The molecule has 28 heavy (non-hydrogen) atoms. The molecule has 7 nitrogen and oxygen atoms in total. The van der Waals surface area contributed by atoms with E-state index in [1.807, 2.05) is 41.5 Å². The molecular weight excluding hydrogens is 366 g/mol. The van der Waals surface area contributed by atoms with Gasteiger partial charge >= 0.3 is 13.2 Å². The van der Waals surface area contributed by atoms with E-state index in [0.717, 1.165) is 0 Å². The lowest BCUT2D eigenvalue weighted by Gasteiger charge is -2.32. The first kappa shape index (κ1) is 22.5. The van der Waals surface area contributed by atoms with Gasteiger partial charge in [0.1, 0.15) is 17.7 Å². The van der Waals surface area contributed by atoms with E-state index in [4.69, 9.17) is 24.5 Å². The molecule has 2 saturated heterocycles. The predicted molar refractivity (Wildman–Crippen MR) is 107 cm³/mol. The lowest BCUT2D eigenvalue weighted by atomic mass is 9.78. The first-order chi connectivity index (χ1) is 13.1. The molecule has 0 bridgehead atoms. The molecule has 9 heteroatoms. The summed E-state index contributed by atoms with van der Waals surface area (Å²) >= 11 is 0. The number of anilines is 1. The van der Waals surface area contributed by atoms with Crippen LogP contribution >= 0.6 is 0 Å². The van der Waals surface area contributed by atoms with Gasteiger partial charge in [-0.15, -0.1) is 0 Å². The van der Waals surface area contributed by atoms with Gasteiger partial charge in [-0.05, 0) is 33.8 Å². The summed E-state index contributed by atoms with van der Waals surface area (Å²) in [5, 5.41) is 0. The van der Waals surface area contributed by atoms with E-state index in [-0.39, 0.29) is 24.2 Å². The van der Waals surface area contributed by atoms with Gasteiger partial charge in [-0.1, -0.05) is 13.8 Å². The molecule has 1 aromatic rings. The van der Waals surface area contributed by atoms with Gasteiger partial charge < -0.3 is 24.5 Å². The van der Waals surface area contributed by atoms with Gasteiger partial charge in [0, 0.05) is 18.1 Å². The first-order valence-electron chi connectivity index (χ1n) is 9.51. The number of ether oxygens (including phenoxy) is 2. The van der Waals surface area contributed by atoms with E-state index in [1.165, 1.54) is 24.1 Å². The molecule has 2 heterocycles. The Morgan fingerprint density at radius 1 is 1.25 bits per heavy atom. The van der Waals surface area contributed by atoms with Crippen LogP contribution in [0.15, 0.2) is 12.1 Å². The molecule has 0 aromatic heterocycles. The monoisotopic (exact) mass is 396 g/mol. The highest BCUT2D eigenvalue weighted by molar-refractivity contribution is 6.62. The summed E-state index contributed by atoms with van der Waals surface area (Å²) in [7, 11) is 0.581. The second kappa shape index (κ2) is 8.27. The summed E-state index contributed by atoms with van der Waals surface area (Å²) in [6.07, 6.45) is -1.01. The number of nitrogens with two attached hydrogens (primary N) is 1. The van der Waals surface area contributed by atoms with Crippen molar-refractivity contribution in [2.24, 2.45) is 5.73 Å². The number of carbonyl (C=O) groups is 1. The number of carbonyl (C=O) groups excluding carboxylic acids is 1. The zero-order valence-electron chi connectivity index (χ0n) is 17.7. The van der Waals surface area contributed by atoms with Gasteiger partial charge in [0.25, 0.3) is 0 Å². The average Bonchev–Trinajstić information content (AvgIpc) is 3.12. The summed E-state index contributed by atoms with van der Waals surface area (Å²) in [6.45, 7) is 12.0. The molecule has 0 radical (unpaired) electrons. The Morgan fingerprint density at radius 3 is 2.29 bits per heavy atom. The maximum atomic E-state index is 14.9. The van der Waals surface area contributed by atoms with Gasteiger partial charge in [0.05, 0.1) is 30.5 Å². The summed E-state index contributed by atoms with van der Waals surface area (Å²) in [5.41, 5.74) is 4.86. The number of methoxy groups -OCH3 is 1. The number of benzene rings is 1. The van der Waals surface area contributed by atoms with E-state index in [0.29, 0.717) is 5.75 Å². The molecule has 156 valence electrons. The number of hydrogen-bond acceptors (Lipinski definition) is 6. The average molecular weight is 396 g/mol. The Labute approximate surface area is 166 Å². The fraction of sp³-hybridized carbons (Fsp3) is 0.632. The van der Waals surface area contributed by atoms with E-state index >= 15 is 0 Å². The van der Waals surface area contributed by atoms with E-state index in [2.05, 4.69) is 0 Å². The van der Waals surface area contributed by atoms with Crippen LogP contribution in [0, 0.1) is 5.82 Å². The smallest absolute Gasteiger partial charge is 0.495 e. The molecule has 2 N–H and O–H groups in total. The number of rotatable bonds is 4. The van der Waals surface area contributed by atoms with E-state index < -0.39 is 36.3 Å². The van der Waals surface area contributed by atoms with Crippen LogP contribution in [0.25, 0.3) is 0 Å². The summed E-state index contributed by atoms with van der Waals surface area (Å²) in [5.74, 6) is -0.228.